The molecule has 6 nitrogen and oxygen atoms in total. The predicted molar refractivity (Wildman–Crippen MR) is 106 cm³/mol. The van der Waals surface area contributed by atoms with Gasteiger partial charge in [-0.2, -0.15) is 0 Å². The molecule has 0 saturated carbocycles. The fraction of sp³-hybridized carbons (Fsp3) is 0.318. The Morgan fingerprint density at radius 3 is 2.50 bits per heavy atom. The molecular weight excluding hydrogens is 354 g/mol. The Labute approximate surface area is 164 Å². The molecule has 1 N–H and O–H groups in total. The summed E-state index contributed by atoms with van der Waals surface area (Å²) < 4.78 is 0. The minimum Gasteiger partial charge on any atom is -0.319 e. The molecule has 2 aromatic rings. The number of carbonyl (C=O) groups is 3. The average molecular weight is 377 g/mol. The van der Waals surface area contributed by atoms with E-state index >= 15 is 0 Å². The van der Waals surface area contributed by atoms with Crippen molar-refractivity contribution in [2.24, 2.45) is 0 Å². The highest BCUT2D eigenvalue weighted by molar-refractivity contribution is 6.11. The Balaban J connectivity index is 1.60. The van der Waals surface area contributed by atoms with E-state index in [0.717, 1.165) is 28.1 Å². The second kappa shape index (κ2) is 6.78. The number of hydrogen-bond acceptors (Lipinski definition) is 3. The molecule has 144 valence electrons. The number of anilines is 1. The summed E-state index contributed by atoms with van der Waals surface area (Å²) in [6, 6.07) is 16.4. The van der Waals surface area contributed by atoms with Gasteiger partial charge in [0, 0.05) is 11.7 Å². The van der Waals surface area contributed by atoms with Crippen LogP contribution in [0, 0.1) is 0 Å². The van der Waals surface area contributed by atoms with Crippen molar-refractivity contribution in [3.05, 3.63) is 65.7 Å². The van der Waals surface area contributed by atoms with Crippen LogP contribution in [-0.2, 0) is 21.5 Å². The van der Waals surface area contributed by atoms with Crippen LogP contribution >= 0.6 is 0 Å². The van der Waals surface area contributed by atoms with Gasteiger partial charge in [-0.15, -0.1) is 0 Å². The van der Waals surface area contributed by atoms with Crippen LogP contribution < -0.4 is 10.2 Å². The Hall–Kier alpha value is -3.15. The first-order valence-electron chi connectivity index (χ1n) is 9.57. The summed E-state index contributed by atoms with van der Waals surface area (Å²) in [4.78, 5) is 41.7. The molecule has 2 aromatic carbocycles. The average Bonchev–Trinajstić information content (AvgIpc) is 3.17. The van der Waals surface area contributed by atoms with Crippen LogP contribution in [0.15, 0.2) is 54.6 Å². The zero-order valence-corrected chi connectivity index (χ0v) is 16.0. The van der Waals surface area contributed by atoms with Gasteiger partial charge in [0.2, 0.25) is 5.91 Å². The fourth-order valence-corrected chi connectivity index (χ4v) is 4.29. The van der Waals surface area contributed by atoms with Crippen LogP contribution in [0.2, 0.25) is 0 Å². The second-order valence-electron chi connectivity index (χ2n) is 7.39. The standard InChI is InChI=1S/C22H23N3O3/c1-3-22(17-10-5-4-6-11-17)20(27)24(21(28)23-22)14-19(26)25-15(2)13-16-9-7-8-12-18(16)25/h4-12,15H,3,13-14H2,1-2H3,(H,23,28)/t15-,22+/m1/s1. The largest absolute Gasteiger partial charge is 0.325 e. The van der Waals surface area contributed by atoms with E-state index < -0.39 is 11.6 Å². The molecule has 4 rings (SSSR count). The van der Waals surface area contributed by atoms with Gasteiger partial charge in [0.15, 0.2) is 0 Å². The summed E-state index contributed by atoms with van der Waals surface area (Å²) in [5.41, 5.74) is 1.57. The molecule has 0 aliphatic carbocycles. The van der Waals surface area contributed by atoms with Crippen LogP contribution in [0.1, 0.15) is 31.4 Å². The number of rotatable bonds is 4. The van der Waals surface area contributed by atoms with Crippen LogP contribution in [0.4, 0.5) is 10.5 Å². The Bertz CT molecular complexity index is 943. The van der Waals surface area contributed by atoms with Gasteiger partial charge in [-0.05, 0) is 37.0 Å². The molecule has 2 heterocycles. The van der Waals surface area contributed by atoms with Crippen molar-refractivity contribution >= 4 is 23.5 Å². The van der Waals surface area contributed by atoms with Crippen molar-refractivity contribution in [3.8, 4) is 0 Å². The first-order valence-corrected chi connectivity index (χ1v) is 9.57. The van der Waals surface area contributed by atoms with Crippen molar-refractivity contribution in [2.75, 3.05) is 11.4 Å². The van der Waals surface area contributed by atoms with E-state index in [1.54, 1.807) is 4.90 Å². The van der Waals surface area contributed by atoms with Crippen LogP contribution in [0.5, 0.6) is 0 Å². The Morgan fingerprint density at radius 1 is 1.11 bits per heavy atom. The highest BCUT2D eigenvalue weighted by Gasteiger charge is 2.52. The summed E-state index contributed by atoms with van der Waals surface area (Å²) >= 11 is 0. The fourth-order valence-electron chi connectivity index (χ4n) is 4.29. The summed E-state index contributed by atoms with van der Waals surface area (Å²) in [7, 11) is 0. The molecule has 2 aliphatic rings. The smallest absolute Gasteiger partial charge is 0.319 e. The van der Waals surface area contributed by atoms with E-state index in [-0.39, 0.29) is 24.4 Å². The minimum absolute atomic E-state index is 0.00396. The van der Waals surface area contributed by atoms with Gasteiger partial charge < -0.3 is 10.2 Å². The first-order chi connectivity index (χ1) is 13.5. The van der Waals surface area contributed by atoms with E-state index in [9.17, 15) is 14.4 Å². The lowest BCUT2D eigenvalue weighted by Crippen LogP contribution is -2.46. The summed E-state index contributed by atoms with van der Waals surface area (Å²) in [6.45, 7) is 3.57. The number of nitrogens with one attached hydrogen (secondary N) is 1. The summed E-state index contributed by atoms with van der Waals surface area (Å²) in [5, 5.41) is 2.83. The number of nitrogens with zero attached hydrogens (tertiary/aromatic N) is 2. The monoisotopic (exact) mass is 377 g/mol. The Morgan fingerprint density at radius 2 is 1.79 bits per heavy atom. The minimum atomic E-state index is -1.12. The van der Waals surface area contributed by atoms with Crippen molar-refractivity contribution in [3.63, 3.8) is 0 Å². The van der Waals surface area contributed by atoms with Crippen molar-refractivity contribution in [2.45, 2.75) is 38.3 Å². The zero-order valence-electron chi connectivity index (χ0n) is 16.0. The number of hydrogen-bond donors (Lipinski definition) is 1. The Kier molecular flexibility index (Phi) is 4.41. The predicted octanol–water partition coefficient (Wildman–Crippen LogP) is 2.82. The van der Waals surface area contributed by atoms with E-state index in [2.05, 4.69) is 5.32 Å². The third kappa shape index (κ3) is 2.68. The number of fused-ring (bicyclic) bond motifs is 1. The maximum Gasteiger partial charge on any atom is 0.325 e. The molecule has 0 aromatic heterocycles. The number of benzene rings is 2. The topological polar surface area (TPSA) is 69.7 Å². The molecule has 0 bridgehead atoms. The molecule has 2 atom stereocenters. The van der Waals surface area contributed by atoms with E-state index in [0.29, 0.717) is 6.42 Å². The van der Waals surface area contributed by atoms with Crippen molar-refractivity contribution < 1.29 is 14.4 Å². The third-order valence-electron chi connectivity index (χ3n) is 5.74. The number of para-hydroxylation sites is 1. The number of carbonyl (C=O) groups excluding carboxylic acids is 3. The number of urea groups is 1. The molecule has 0 radical (unpaired) electrons. The second-order valence-corrected chi connectivity index (χ2v) is 7.39. The van der Waals surface area contributed by atoms with Crippen molar-refractivity contribution in [1.82, 2.24) is 10.2 Å². The van der Waals surface area contributed by atoms with Gasteiger partial charge in [0.05, 0.1) is 0 Å². The quantitative estimate of drug-likeness (QED) is 0.833. The highest BCUT2D eigenvalue weighted by atomic mass is 16.2. The molecule has 2 aliphatic heterocycles. The maximum absolute atomic E-state index is 13.2. The van der Waals surface area contributed by atoms with Crippen LogP contribution in [-0.4, -0.2) is 35.3 Å². The lowest BCUT2D eigenvalue weighted by Gasteiger charge is -2.27. The van der Waals surface area contributed by atoms with Crippen molar-refractivity contribution in [1.29, 1.82) is 0 Å². The maximum atomic E-state index is 13.2. The number of imide groups is 1. The summed E-state index contributed by atoms with van der Waals surface area (Å²) in [6.07, 6.45) is 1.18. The van der Waals surface area contributed by atoms with Gasteiger partial charge in [0.25, 0.3) is 5.91 Å². The lowest BCUT2D eigenvalue weighted by atomic mass is 9.87. The van der Waals surface area contributed by atoms with Crippen LogP contribution in [0.3, 0.4) is 0 Å². The highest BCUT2D eigenvalue weighted by Crippen LogP contribution is 2.34. The molecule has 0 spiro atoms. The van der Waals surface area contributed by atoms with E-state index in [1.807, 2.05) is 68.4 Å². The molecule has 1 fully saturated rings. The van der Waals surface area contributed by atoms with Gasteiger partial charge in [-0.1, -0.05) is 55.5 Å². The normalized spacial score (nSPS) is 23.7. The van der Waals surface area contributed by atoms with E-state index in [1.165, 1.54) is 0 Å². The molecule has 1 saturated heterocycles. The number of amides is 4. The van der Waals surface area contributed by atoms with Gasteiger partial charge in [-0.25, -0.2) is 4.79 Å². The van der Waals surface area contributed by atoms with Crippen LogP contribution in [0.25, 0.3) is 0 Å². The van der Waals surface area contributed by atoms with E-state index in [4.69, 9.17) is 0 Å². The lowest BCUT2D eigenvalue weighted by molar-refractivity contribution is -0.134. The summed E-state index contributed by atoms with van der Waals surface area (Å²) in [5.74, 6) is -0.624. The molecule has 4 amide bonds. The third-order valence-corrected chi connectivity index (χ3v) is 5.74. The molecule has 0 unspecified atom stereocenters. The molecular formula is C22H23N3O3. The van der Waals surface area contributed by atoms with Gasteiger partial charge in [-0.3, -0.25) is 14.5 Å². The first kappa shape index (κ1) is 18.2. The van der Waals surface area contributed by atoms with Gasteiger partial charge in [0.1, 0.15) is 12.1 Å². The molecule has 28 heavy (non-hydrogen) atoms. The van der Waals surface area contributed by atoms with Gasteiger partial charge >= 0.3 is 6.03 Å². The molecule has 6 heteroatoms. The SMILES string of the molecule is CC[C@@]1(c2ccccc2)NC(=O)N(CC(=O)N2c3ccccc3C[C@H]2C)C1=O. The zero-order chi connectivity index (χ0) is 19.9.